The Labute approximate surface area is 188 Å². The van der Waals surface area contributed by atoms with Gasteiger partial charge in [-0.25, -0.2) is 9.37 Å². The largest absolute Gasteiger partial charge is 0.370 e. The number of benzene rings is 1. The lowest BCUT2D eigenvalue weighted by Gasteiger charge is -2.14. The maximum Gasteiger partial charge on any atom is 0.191 e. The molecule has 0 saturated heterocycles. The van der Waals surface area contributed by atoms with E-state index in [9.17, 15) is 4.39 Å². The molecule has 0 atom stereocenters. The molecule has 154 valence electrons. The smallest absolute Gasteiger partial charge is 0.191 e. The van der Waals surface area contributed by atoms with E-state index >= 15 is 0 Å². The predicted octanol–water partition coefficient (Wildman–Crippen LogP) is 4.26. The first-order valence-corrected chi connectivity index (χ1v) is 10.5. The minimum atomic E-state index is -0.190. The maximum absolute atomic E-state index is 13.4. The van der Waals surface area contributed by atoms with Gasteiger partial charge in [0.25, 0.3) is 0 Å². The number of nitrogens with one attached hydrogen (secondary N) is 3. The van der Waals surface area contributed by atoms with E-state index in [0.717, 1.165) is 54.6 Å². The topological polar surface area (TPSA) is 61.3 Å². The fourth-order valence-corrected chi connectivity index (χ4v) is 3.18. The summed E-state index contributed by atoms with van der Waals surface area (Å²) >= 11 is 1.69. The highest BCUT2D eigenvalue weighted by molar-refractivity contribution is 14.0. The number of rotatable bonds is 10. The van der Waals surface area contributed by atoms with E-state index in [0.29, 0.717) is 6.54 Å². The molecule has 3 N–H and O–H groups in total. The summed E-state index contributed by atoms with van der Waals surface area (Å²) in [6.45, 7) is 2.35. The number of halogens is 2. The highest BCUT2D eigenvalue weighted by atomic mass is 127. The van der Waals surface area contributed by atoms with Crippen LogP contribution in [0.1, 0.15) is 24.0 Å². The van der Waals surface area contributed by atoms with Crippen LogP contribution >= 0.6 is 35.7 Å². The summed E-state index contributed by atoms with van der Waals surface area (Å²) in [4.78, 5) is 8.49. The van der Waals surface area contributed by atoms with Crippen molar-refractivity contribution in [3.05, 3.63) is 59.5 Å². The van der Waals surface area contributed by atoms with Gasteiger partial charge in [-0.2, -0.15) is 11.8 Å². The predicted molar refractivity (Wildman–Crippen MR) is 129 cm³/mol. The number of hydrogen-bond donors (Lipinski definition) is 3. The Morgan fingerprint density at radius 2 is 1.93 bits per heavy atom. The first kappa shape index (κ1) is 24.5. The zero-order chi connectivity index (χ0) is 19.3. The van der Waals surface area contributed by atoms with Gasteiger partial charge in [-0.3, -0.25) is 4.99 Å². The molecule has 0 fully saturated rings. The van der Waals surface area contributed by atoms with Gasteiger partial charge in [0.2, 0.25) is 0 Å². The minimum absolute atomic E-state index is 0. The van der Waals surface area contributed by atoms with Crippen molar-refractivity contribution in [1.82, 2.24) is 15.6 Å². The summed E-state index contributed by atoms with van der Waals surface area (Å²) in [5, 5.41) is 9.92. The standard InChI is InChI=1S/C20H28FN5S.HI/c1-22-20(25-12-6-5-11-24-19-7-3-4-10-23-19)26-14-16-8-9-18(21)13-17(16)15-27-2;/h3-4,7-10,13H,5-6,11-12,14-15H2,1-2H3,(H,23,24)(H2,22,25,26);1H. The molecule has 28 heavy (non-hydrogen) atoms. The molecule has 1 aromatic carbocycles. The Kier molecular flexibility index (Phi) is 12.6. The van der Waals surface area contributed by atoms with Crippen molar-refractivity contribution in [1.29, 1.82) is 0 Å². The van der Waals surface area contributed by atoms with Crippen LogP contribution in [0.15, 0.2) is 47.6 Å². The van der Waals surface area contributed by atoms with Crippen molar-refractivity contribution < 1.29 is 4.39 Å². The number of nitrogens with zero attached hydrogens (tertiary/aromatic N) is 2. The van der Waals surface area contributed by atoms with Crippen molar-refractivity contribution in [3.63, 3.8) is 0 Å². The van der Waals surface area contributed by atoms with Crippen molar-refractivity contribution in [2.45, 2.75) is 25.1 Å². The Balaban J connectivity index is 0.00000392. The summed E-state index contributed by atoms with van der Waals surface area (Å²) in [6.07, 6.45) is 5.86. The molecule has 1 heterocycles. The molecule has 0 amide bonds. The summed E-state index contributed by atoms with van der Waals surface area (Å²) in [5.74, 6) is 2.27. The van der Waals surface area contributed by atoms with Crippen molar-refractivity contribution in [3.8, 4) is 0 Å². The summed E-state index contributed by atoms with van der Waals surface area (Å²) in [6, 6.07) is 10.8. The van der Waals surface area contributed by atoms with Crippen LogP contribution < -0.4 is 16.0 Å². The van der Waals surface area contributed by atoms with E-state index in [2.05, 4.69) is 25.9 Å². The second-order valence-corrected chi connectivity index (χ2v) is 6.91. The number of aromatic nitrogens is 1. The number of aliphatic imine (C=N–C) groups is 1. The molecule has 0 aliphatic carbocycles. The number of thioether (sulfide) groups is 1. The van der Waals surface area contributed by atoms with Gasteiger partial charge in [-0.15, -0.1) is 24.0 Å². The third-order valence-corrected chi connectivity index (χ3v) is 4.60. The molecule has 2 rings (SSSR count). The average molecular weight is 517 g/mol. The SMILES string of the molecule is CN=C(NCCCCNc1ccccn1)NCc1ccc(F)cc1CSC.I. The van der Waals surface area contributed by atoms with Gasteiger partial charge in [0.05, 0.1) is 0 Å². The Bertz CT molecular complexity index is 715. The zero-order valence-electron chi connectivity index (χ0n) is 16.4. The number of unbranched alkanes of at least 4 members (excludes halogenated alkanes) is 1. The molecule has 1 aromatic heterocycles. The van der Waals surface area contributed by atoms with E-state index < -0.39 is 0 Å². The minimum Gasteiger partial charge on any atom is -0.370 e. The van der Waals surface area contributed by atoms with Crippen LogP contribution in [0.25, 0.3) is 0 Å². The van der Waals surface area contributed by atoms with E-state index in [1.54, 1.807) is 31.1 Å². The summed E-state index contributed by atoms with van der Waals surface area (Å²) in [7, 11) is 1.76. The monoisotopic (exact) mass is 517 g/mol. The number of pyridine rings is 1. The van der Waals surface area contributed by atoms with Crippen LogP contribution in [-0.4, -0.2) is 37.3 Å². The highest BCUT2D eigenvalue weighted by Crippen LogP contribution is 2.16. The zero-order valence-corrected chi connectivity index (χ0v) is 19.5. The lowest BCUT2D eigenvalue weighted by Crippen LogP contribution is -2.37. The van der Waals surface area contributed by atoms with Crippen LogP contribution in [-0.2, 0) is 12.3 Å². The summed E-state index contributed by atoms with van der Waals surface area (Å²) < 4.78 is 13.4. The van der Waals surface area contributed by atoms with Crippen LogP contribution in [0.2, 0.25) is 0 Å². The fraction of sp³-hybridized carbons (Fsp3) is 0.400. The van der Waals surface area contributed by atoms with Gasteiger partial charge in [0.15, 0.2) is 5.96 Å². The van der Waals surface area contributed by atoms with E-state index in [-0.39, 0.29) is 29.8 Å². The Morgan fingerprint density at radius 1 is 1.11 bits per heavy atom. The van der Waals surface area contributed by atoms with Crippen molar-refractivity contribution in [2.75, 3.05) is 31.7 Å². The molecule has 0 aliphatic rings. The molecular formula is C20H29FIN5S. The van der Waals surface area contributed by atoms with Gasteiger partial charge >= 0.3 is 0 Å². The third kappa shape index (κ3) is 9.09. The van der Waals surface area contributed by atoms with E-state index in [4.69, 9.17) is 0 Å². The second kappa shape index (κ2) is 14.4. The molecule has 0 radical (unpaired) electrons. The molecule has 0 saturated carbocycles. The molecule has 5 nitrogen and oxygen atoms in total. The normalized spacial score (nSPS) is 10.9. The van der Waals surface area contributed by atoms with E-state index in [1.165, 1.54) is 6.07 Å². The molecule has 0 aliphatic heterocycles. The van der Waals surface area contributed by atoms with Gasteiger partial charge in [-0.05, 0) is 54.5 Å². The number of anilines is 1. The second-order valence-electron chi connectivity index (χ2n) is 6.05. The lowest BCUT2D eigenvalue weighted by molar-refractivity contribution is 0.625. The Hall–Kier alpha value is -1.55. The van der Waals surface area contributed by atoms with Crippen LogP contribution in [0, 0.1) is 5.82 Å². The van der Waals surface area contributed by atoms with Crippen LogP contribution in [0.3, 0.4) is 0 Å². The molecular weight excluding hydrogens is 488 g/mol. The molecule has 8 heteroatoms. The number of guanidine groups is 1. The van der Waals surface area contributed by atoms with Crippen LogP contribution in [0.5, 0.6) is 0 Å². The maximum atomic E-state index is 13.4. The lowest BCUT2D eigenvalue weighted by atomic mass is 10.1. The van der Waals surface area contributed by atoms with E-state index in [1.807, 2.05) is 30.5 Å². The van der Waals surface area contributed by atoms with Gasteiger partial charge in [0.1, 0.15) is 11.6 Å². The quantitative estimate of drug-likeness (QED) is 0.190. The third-order valence-electron chi connectivity index (χ3n) is 4.01. The van der Waals surface area contributed by atoms with Gasteiger partial charge < -0.3 is 16.0 Å². The molecule has 0 spiro atoms. The summed E-state index contributed by atoms with van der Waals surface area (Å²) in [5.41, 5.74) is 2.11. The van der Waals surface area contributed by atoms with Gasteiger partial charge in [-0.1, -0.05) is 12.1 Å². The Morgan fingerprint density at radius 3 is 2.64 bits per heavy atom. The first-order chi connectivity index (χ1) is 13.2. The molecule has 0 bridgehead atoms. The van der Waals surface area contributed by atoms with Crippen LogP contribution in [0.4, 0.5) is 10.2 Å². The van der Waals surface area contributed by atoms with Gasteiger partial charge in [0, 0.05) is 38.6 Å². The average Bonchev–Trinajstić information content (AvgIpc) is 2.69. The fourth-order valence-electron chi connectivity index (χ4n) is 2.60. The highest BCUT2D eigenvalue weighted by Gasteiger charge is 2.05. The molecule has 0 unspecified atom stereocenters. The van der Waals surface area contributed by atoms with Crippen molar-refractivity contribution in [2.24, 2.45) is 4.99 Å². The van der Waals surface area contributed by atoms with Crippen molar-refractivity contribution >= 4 is 47.5 Å². The molecule has 2 aromatic rings. The first-order valence-electron chi connectivity index (χ1n) is 9.08. The number of hydrogen-bond acceptors (Lipinski definition) is 4.